The number of anilines is 2. The van der Waals surface area contributed by atoms with E-state index >= 15 is 0 Å². The van der Waals surface area contributed by atoms with Gasteiger partial charge in [-0.15, -0.1) is 0 Å². The van der Waals surface area contributed by atoms with Gasteiger partial charge in [0.05, 0.1) is 4.92 Å². The number of methoxy groups -OCH3 is 1. The van der Waals surface area contributed by atoms with E-state index in [4.69, 9.17) is 4.74 Å². The molecule has 1 atom stereocenters. The number of rotatable bonds is 9. The predicted octanol–water partition coefficient (Wildman–Crippen LogP) is 2.04. The second-order valence-corrected chi connectivity index (χ2v) is 4.40. The van der Waals surface area contributed by atoms with Crippen LogP contribution < -0.4 is 10.6 Å². The van der Waals surface area contributed by atoms with E-state index in [0.717, 1.165) is 12.8 Å². The van der Waals surface area contributed by atoms with Crippen molar-refractivity contribution in [3.05, 3.63) is 16.4 Å². The van der Waals surface area contributed by atoms with Gasteiger partial charge in [0.15, 0.2) is 0 Å². The lowest BCUT2D eigenvalue weighted by Gasteiger charge is -2.13. The van der Waals surface area contributed by atoms with Crippen LogP contribution in [0.15, 0.2) is 6.33 Å². The summed E-state index contributed by atoms with van der Waals surface area (Å²) in [5, 5.41) is 17.2. The quantitative estimate of drug-likeness (QED) is 0.406. The van der Waals surface area contributed by atoms with Crippen molar-refractivity contribution in [1.29, 1.82) is 0 Å². The minimum Gasteiger partial charge on any atom is -0.385 e. The van der Waals surface area contributed by atoms with Crippen molar-refractivity contribution in [2.75, 3.05) is 30.9 Å². The molecule has 1 heterocycles. The molecule has 0 amide bonds. The number of nitrogens with zero attached hydrogens (tertiary/aromatic N) is 3. The standard InChI is InChI=1S/C12H21N5O3/c1-4-9(2)16-12-10(17(18)19)11(14-8-15-12)13-6-5-7-20-3/h8-9H,4-7H2,1-3H3,(H2,13,14,15,16). The number of nitro groups is 1. The molecule has 0 bridgehead atoms. The molecule has 8 nitrogen and oxygen atoms in total. The molecule has 0 radical (unpaired) electrons. The molecule has 0 fully saturated rings. The van der Waals surface area contributed by atoms with Gasteiger partial charge >= 0.3 is 5.69 Å². The number of ether oxygens (including phenoxy) is 1. The first-order valence-electron chi connectivity index (χ1n) is 6.58. The van der Waals surface area contributed by atoms with Crippen LogP contribution in [0.5, 0.6) is 0 Å². The fourth-order valence-corrected chi connectivity index (χ4v) is 1.55. The highest BCUT2D eigenvalue weighted by Gasteiger charge is 2.23. The summed E-state index contributed by atoms with van der Waals surface area (Å²) in [6.45, 7) is 5.07. The van der Waals surface area contributed by atoms with Crippen LogP contribution >= 0.6 is 0 Å². The fourth-order valence-electron chi connectivity index (χ4n) is 1.55. The highest BCUT2D eigenvalue weighted by Crippen LogP contribution is 2.29. The topological polar surface area (TPSA) is 102 Å². The van der Waals surface area contributed by atoms with Crippen molar-refractivity contribution in [2.24, 2.45) is 0 Å². The summed E-state index contributed by atoms with van der Waals surface area (Å²) < 4.78 is 4.93. The average Bonchev–Trinajstić information content (AvgIpc) is 2.43. The van der Waals surface area contributed by atoms with Crippen LogP contribution in [0.3, 0.4) is 0 Å². The van der Waals surface area contributed by atoms with E-state index in [1.54, 1.807) is 7.11 Å². The predicted molar refractivity (Wildman–Crippen MR) is 77.0 cm³/mol. The van der Waals surface area contributed by atoms with E-state index in [1.165, 1.54) is 6.33 Å². The Bertz CT molecular complexity index is 441. The molecule has 1 aromatic heterocycles. The maximum Gasteiger partial charge on any atom is 0.353 e. The Balaban J connectivity index is 2.87. The maximum atomic E-state index is 11.2. The molecule has 0 spiro atoms. The van der Waals surface area contributed by atoms with Gasteiger partial charge in [-0.25, -0.2) is 9.97 Å². The van der Waals surface area contributed by atoms with Gasteiger partial charge in [0.1, 0.15) is 6.33 Å². The van der Waals surface area contributed by atoms with Gasteiger partial charge in [-0.3, -0.25) is 10.1 Å². The van der Waals surface area contributed by atoms with Gasteiger partial charge in [0.2, 0.25) is 11.6 Å². The van der Waals surface area contributed by atoms with E-state index < -0.39 is 4.92 Å². The van der Waals surface area contributed by atoms with Crippen molar-refractivity contribution in [3.63, 3.8) is 0 Å². The normalized spacial score (nSPS) is 11.9. The van der Waals surface area contributed by atoms with Crippen LogP contribution in [0.1, 0.15) is 26.7 Å². The first-order valence-corrected chi connectivity index (χ1v) is 6.58. The third kappa shape index (κ3) is 4.61. The highest BCUT2D eigenvalue weighted by molar-refractivity contribution is 5.69. The Hall–Kier alpha value is -1.96. The summed E-state index contributed by atoms with van der Waals surface area (Å²) in [7, 11) is 1.61. The van der Waals surface area contributed by atoms with E-state index in [-0.39, 0.29) is 23.4 Å². The molecule has 1 unspecified atom stereocenters. The minimum atomic E-state index is -0.469. The summed E-state index contributed by atoms with van der Waals surface area (Å²) in [4.78, 5) is 18.7. The zero-order valence-corrected chi connectivity index (χ0v) is 12.0. The van der Waals surface area contributed by atoms with Crippen LogP contribution in [-0.4, -0.2) is 41.2 Å². The summed E-state index contributed by atoms with van der Waals surface area (Å²) in [6, 6.07) is 0.102. The molecule has 0 aliphatic heterocycles. The number of hydrogen-bond donors (Lipinski definition) is 2. The molecule has 20 heavy (non-hydrogen) atoms. The number of aromatic nitrogens is 2. The van der Waals surface area contributed by atoms with Gasteiger partial charge in [-0.1, -0.05) is 6.92 Å². The van der Waals surface area contributed by atoms with E-state index in [1.807, 2.05) is 13.8 Å². The molecule has 1 rings (SSSR count). The maximum absolute atomic E-state index is 11.2. The monoisotopic (exact) mass is 283 g/mol. The first kappa shape index (κ1) is 16.1. The van der Waals surface area contributed by atoms with Gasteiger partial charge in [0.25, 0.3) is 0 Å². The fraction of sp³-hybridized carbons (Fsp3) is 0.667. The lowest BCUT2D eigenvalue weighted by molar-refractivity contribution is -0.383. The average molecular weight is 283 g/mol. The van der Waals surface area contributed by atoms with Crippen molar-refractivity contribution in [2.45, 2.75) is 32.7 Å². The number of hydrogen-bond acceptors (Lipinski definition) is 7. The summed E-state index contributed by atoms with van der Waals surface area (Å²) in [6.07, 6.45) is 2.90. The third-order valence-electron chi connectivity index (χ3n) is 2.82. The molecular weight excluding hydrogens is 262 g/mol. The smallest absolute Gasteiger partial charge is 0.353 e. The lowest BCUT2D eigenvalue weighted by Crippen LogP contribution is -2.17. The van der Waals surface area contributed by atoms with Gasteiger partial charge in [-0.2, -0.15) is 0 Å². The molecule has 1 aromatic rings. The minimum absolute atomic E-state index is 0.102. The van der Waals surface area contributed by atoms with Crippen LogP contribution in [0.25, 0.3) is 0 Å². The Labute approximate surface area is 118 Å². The van der Waals surface area contributed by atoms with Crippen LogP contribution in [-0.2, 0) is 4.74 Å². The molecule has 0 saturated heterocycles. The van der Waals surface area contributed by atoms with Gasteiger partial charge < -0.3 is 15.4 Å². The summed E-state index contributed by atoms with van der Waals surface area (Å²) in [5.74, 6) is 0.473. The van der Waals surface area contributed by atoms with Crippen molar-refractivity contribution < 1.29 is 9.66 Å². The van der Waals surface area contributed by atoms with Crippen LogP contribution in [0.4, 0.5) is 17.3 Å². The molecule has 0 aliphatic rings. The Morgan fingerprint density at radius 3 is 2.75 bits per heavy atom. The van der Waals surface area contributed by atoms with E-state index in [0.29, 0.717) is 13.2 Å². The summed E-state index contributed by atoms with van der Waals surface area (Å²) >= 11 is 0. The van der Waals surface area contributed by atoms with Crippen molar-refractivity contribution in [1.82, 2.24) is 9.97 Å². The second kappa shape index (κ2) is 8.26. The van der Waals surface area contributed by atoms with Crippen molar-refractivity contribution in [3.8, 4) is 0 Å². The molecule has 0 aromatic carbocycles. The first-order chi connectivity index (χ1) is 9.60. The second-order valence-electron chi connectivity index (χ2n) is 4.40. The van der Waals surface area contributed by atoms with Crippen LogP contribution in [0, 0.1) is 10.1 Å². The Kier molecular flexibility index (Phi) is 6.65. The molecular formula is C12H21N5O3. The molecule has 2 N–H and O–H groups in total. The highest BCUT2D eigenvalue weighted by atomic mass is 16.6. The van der Waals surface area contributed by atoms with Gasteiger partial charge in [-0.05, 0) is 19.8 Å². The van der Waals surface area contributed by atoms with Crippen molar-refractivity contribution >= 4 is 17.3 Å². The van der Waals surface area contributed by atoms with Crippen LogP contribution in [0.2, 0.25) is 0 Å². The largest absolute Gasteiger partial charge is 0.385 e. The Morgan fingerprint density at radius 1 is 1.45 bits per heavy atom. The summed E-state index contributed by atoms with van der Waals surface area (Å²) in [5.41, 5.74) is -0.120. The lowest BCUT2D eigenvalue weighted by atomic mass is 10.2. The van der Waals surface area contributed by atoms with E-state index in [9.17, 15) is 10.1 Å². The molecule has 112 valence electrons. The third-order valence-corrected chi connectivity index (χ3v) is 2.82. The molecule has 8 heteroatoms. The molecule has 0 saturated carbocycles. The Morgan fingerprint density at radius 2 is 2.15 bits per heavy atom. The SMILES string of the molecule is CCC(C)Nc1ncnc(NCCCOC)c1[N+](=O)[O-]. The molecule has 0 aliphatic carbocycles. The zero-order chi connectivity index (χ0) is 15.0. The zero-order valence-electron chi connectivity index (χ0n) is 12.0. The van der Waals surface area contributed by atoms with Gasteiger partial charge in [0, 0.05) is 26.3 Å². The van der Waals surface area contributed by atoms with E-state index in [2.05, 4.69) is 20.6 Å². The number of nitrogens with one attached hydrogen (secondary N) is 2.